The molecule has 0 radical (unpaired) electrons. The van der Waals surface area contributed by atoms with Crippen LogP contribution in [0.4, 0.5) is 5.69 Å². The van der Waals surface area contributed by atoms with Crippen molar-refractivity contribution in [2.24, 2.45) is 0 Å². The lowest BCUT2D eigenvalue weighted by atomic mass is 10.3. The summed E-state index contributed by atoms with van der Waals surface area (Å²) in [4.78, 5) is 24.0. The molecule has 2 heterocycles. The molecule has 24 heavy (non-hydrogen) atoms. The van der Waals surface area contributed by atoms with Gasteiger partial charge in [0.2, 0.25) is 5.91 Å². The van der Waals surface area contributed by atoms with E-state index < -0.39 is 4.92 Å². The van der Waals surface area contributed by atoms with E-state index in [2.05, 4.69) is 10.2 Å². The van der Waals surface area contributed by atoms with Crippen LogP contribution in [0.15, 0.2) is 12.4 Å². The third-order valence-electron chi connectivity index (χ3n) is 3.60. The van der Waals surface area contributed by atoms with Crippen LogP contribution in [0.5, 0.6) is 0 Å². The fourth-order valence-corrected chi connectivity index (χ4v) is 2.43. The van der Waals surface area contributed by atoms with Crippen molar-refractivity contribution in [3.63, 3.8) is 0 Å². The Morgan fingerprint density at radius 3 is 2.62 bits per heavy atom. The molecule has 0 saturated heterocycles. The number of carbonyl (C=O) groups excluding carboxylic acids is 1. The topological polar surface area (TPSA) is 99.1 Å². The number of amides is 1. The van der Waals surface area contributed by atoms with E-state index >= 15 is 0 Å². The standard InChI is InChI=1S/C14H19ClN6O3/c1-4-19-7-11(15)12(17-19)8-18(3)14(22)5-6-20-9-13(21(23)24)10(2)16-20/h7,9H,4-6,8H2,1-3H3. The second-order valence-corrected chi connectivity index (χ2v) is 5.81. The van der Waals surface area contributed by atoms with Gasteiger partial charge in [-0.3, -0.25) is 24.3 Å². The summed E-state index contributed by atoms with van der Waals surface area (Å²) in [6, 6.07) is 0. The number of halogens is 1. The van der Waals surface area contributed by atoms with E-state index in [1.807, 2.05) is 6.92 Å². The number of nitro groups is 1. The lowest BCUT2D eigenvalue weighted by molar-refractivity contribution is -0.385. The number of aromatic nitrogens is 4. The maximum absolute atomic E-state index is 12.2. The Kier molecular flexibility index (Phi) is 5.55. The molecule has 0 unspecified atom stereocenters. The first kappa shape index (κ1) is 17.9. The summed E-state index contributed by atoms with van der Waals surface area (Å²) in [7, 11) is 1.67. The van der Waals surface area contributed by atoms with Gasteiger partial charge in [0.25, 0.3) is 0 Å². The zero-order valence-electron chi connectivity index (χ0n) is 13.8. The number of aryl methyl sites for hydroxylation is 3. The predicted molar refractivity (Wildman–Crippen MR) is 87.6 cm³/mol. The molecular weight excluding hydrogens is 336 g/mol. The van der Waals surface area contributed by atoms with Gasteiger partial charge in [-0.15, -0.1) is 0 Å². The van der Waals surface area contributed by atoms with Crippen LogP contribution in [0, 0.1) is 17.0 Å². The van der Waals surface area contributed by atoms with Crippen LogP contribution in [-0.4, -0.2) is 42.3 Å². The van der Waals surface area contributed by atoms with E-state index in [0.717, 1.165) is 0 Å². The molecule has 0 bridgehead atoms. The molecule has 1 amide bonds. The smallest absolute Gasteiger partial charge is 0.309 e. The first-order valence-corrected chi connectivity index (χ1v) is 7.83. The highest BCUT2D eigenvalue weighted by molar-refractivity contribution is 6.31. The summed E-state index contributed by atoms with van der Waals surface area (Å²) < 4.78 is 3.12. The minimum atomic E-state index is -0.487. The second-order valence-electron chi connectivity index (χ2n) is 5.40. The van der Waals surface area contributed by atoms with Crippen LogP contribution in [-0.2, 0) is 24.4 Å². The van der Waals surface area contributed by atoms with Crippen LogP contribution >= 0.6 is 11.6 Å². The van der Waals surface area contributed by atoms with Gasteiger partial charge in [-0.25, -0.2) is 0 Å². The molecule has 0 N–H and O–H groups in total. The molecule has 0 atom stereocenters. The molecule has 0 saturated carbocycles. The minimum absolute atomic E-state index is 0.0484. The molecule has 9 nitrogen and oxygen atoms in total. The van der Waals surface area contributed by atoms with Gasteiger partial charge in [0.15, 0.2) is 0 Å². The van der Waals surface area contributed by atoms with Crippen LogP contribution in [0.1, 0.15) is 24.7 Å². The monoisotopic (exact) mass is 354 g/mol. The van der Waals surface area contributed by atoms with Crippen LogP contribution in [0.3, 0.4) is 0 Å². The van der Waals surface area contributed by atoms with Crippen molar-refractivity contribution in [3.05, 3.63) is 38.9 Å². The van der Waals surface area contributed by atoms with Gasteiger partial charge in [0.1, 0.15) is 17.6 Å². The fourth-order valence-electron chi connectivity index (χ4n) is 2.22. The molecule has 0 aromatic carbocycles. The Balaban J connectivity index is 1.93. The largest absolute Gasteiger partial charge is 0.340 e. The summed E-state index contributed by atoms with van der Waals surface area (Å²) in [5.41, 5.74) is 0.922. The van der Waals surface area contributed by atoms with Crippen LogP contribution < -0.4 is 0 Å². The van der Waals surface area contributed by atoms with Gasteiger partial charge >= 0.3 is 5.69 Å². The molecule has 2 aromatic rings. The van der Waals surface area contributed by atoms with Crippen LogP contribution in [0.25, 0.3) is 0 Å². The molecule has 2 rings (SSSR count). The fraction of sp³-hybridized carbons (Fsp3) is 0.500. The maximum Gasteiger partial charge on any atom is 0.309 e. The summed E-state index contributed by atoms with van der Waals surface area (Å²) in [6.07, 6.45) is 3.24. The number of carbonyl (C=O) groups is 1. The third-order valence-corrected chi connectivity index (χ3v) is 3.91. The molecule has 130 valence electrons. The Bertz CT molecular complexity index is 754. The normalized spacial score (nSPS) is 10.8. The Morgan fingerprint density at radius 2 is 2.08 bits per heavy atom. The lowest BCUT2D eigenvalue weighted by Crippen LogP contribution is -2.27. The average molecular weight is 355 g/mol. The maximum atomic E-state index is 12.2. The highest BCUT2D eigenvalue weighted by Crippen LogP contribution is 2.17. The van der Waals surface area contributed by atoms with Gasteiger partial charge in [-0.1, -0.05) is 11.6 Å². The van der Waals surface area contributed by atoms with E-state index in [1.165, 1.54) is 15.8 Å². The summed E-state index contributed by atoms with van der Waals surface area (Å²) >= 11 is 6.10. The molecule has 0 spiro atoms. The first-order chi connectivity index (χ1) is 11.3. The third kappa shape index (κ3) is 4.10. The van der Waals surface area contributed by atoms with E-state index in [4.69, 9.17) is 11.6 Å². The number of hydrogen-bond acceptors (Lipinski definition) is 5. The van der Waals surface area contributed by atoms with Crippen molar-refractivity contribution in [1.82, 2.24) is 24.5 Å². The lowest BCUT2D eigenvalue weighted by Gasteiger charge is -2.16. The molecule has 0 aliphatic heterocycles. The van der Waals surface area contributed by atoms with Crippen LogP contribution in [0.2, 0.25) is 5.02 Å². The first-order valence-electron chi connectivity index (χ1n) is 7.46. The average Bonchev–Trinajstić information content (AvgIpc) is 3.07. The molecule has 0 aliphatic carbocycles. The van der Waals surface area contributed by atoms with Crippen molar-refractivity contribution in [2.45, 2.75) is 39.9 Å². The van der Waals surface area contributed by atoms with Crippen molar-refractivity contribution < 1.29 is 9.72 Å². The van der Waals surface area contributed by atoms with Gasteiger partial charge < -0.3 is 4.90 Å². The van der Waals surface area contributed by atoms with E-state index in [0.29, 0.717) is 29.5 Å². The molecule has 0 aliphatic rings. The van der Waals surface area contributed by atoms with Gasteiger partial charge in [-0.05, 0) is 13.8 Å². The number of rotatable bonds is 7. The zero-order valence-corrected chi connectivity index (χ0v) is 14.5. The van der Waals surface area contributed by atoms with Gasteiger partial charge in [-0.2, -0.15) is 10.2 Å². The van der Waals surface area contributed by atoms with Crippen molar-refractivity contribution in [3.8, 4) is 0 Å². The van der Waals surface area contributed by atoms with Gasteiger partial charge in [0.05, 0.1) is 16.5 Å². The Morgan fingerprint density at radius 1 is 1.38 bits per heavy atom. The van der Waals surface area contributed by atoms with Crippen molar-refractivity contribution in [2.75, 3.05) is 7.05 Å². The van der Waals surface area contributed by atoms with E-state index in [-0.39, 0.29) is 24.6 Å². The highest BCUT2D eigenvalue weighted by Gasteiger charge is 2.17. The minimum Gasteiger partial charge on any atom is -0.340 e. The molecule has 2 aromatic heterocycles. The molecule has 10 heteroatoms. The Hall–Kier alpha value is -2.42. The zero-order chi connectivity index (χ0) is 17.9. The second kappa shape index (κ2) is 7.43. The quantitative estimate of drug-likeness (QED) is 0.559. The number of hydrogen-bond donors (Lipinski definition) is 0. The van der Waals surface area contributed by atoms with E-state index in [1.54, 1.807) is 24.9 Å². The van der Waals surface area contributed by atoms with Crippen molar-refractivity contribution >= 4 is 23.2 Å². The summed E-state index contributed by atoms with van der Waals surface area (Å²) in [6.45, 7) is 4.80. The van der Waals surface area contributed by atoms with Gasteiger partial charge in [0, 0.05) is 32.8 Å². The van der Waals surface area contributed by atoms with E-state index in [9.17, 15) is 14.9 Å². The SMILES string of the molecule is CCn1cc(Cl)c(CN(C)C(=O)CCn2cc([N+](=O)[O-])c(C)n2)n1. The molecule has 0 fully saturated rings. The number of nitrogens with zero attached hydrogens (tertiary/aromatic N) is 6. The van der Waals surface area contributed by atoms with Crippen molar-refractivity contribution in [1.29, 1.82) is 0 Å². The predicted octanol–water partition coefficient (Wildman–Crippen LogP) is 2.02. The Labute approximate surface area is 144 Å². The summed E-state index contributed by atoms with van der Waals surface area (Å²) in [5.74, 6) is -0.118. The summed E-state index contributed by atoms with van der Waals surface area (Å²) in [5, 5.41) is 19.7. The molecular formula is C14H19ClN6O3. The highest BCUT2D eigenvalue weighted by atomic mass is 35.5.